The fraction of sp³-hybridized carbons (Fsp3) is 0.455. The van der Waals surface area contributed by atoms with Gasteiger partial charge in [0.2, 0.25) is 0 Å². The molecule has 0 saturated heterocycles. The summed E-state index contributed by atoms with van der Waals surface area (Å²) in [5, 5.41) is 3.40. The molecule has 2 aromatic heterocycles. The summed E-state index contributed by atoms with van der Waals surface area (Å²) < 4.78 is 2.87. The third-order valence-electron chi connectivity index (χ3n) is 2.30. The van der Waals surface area contributed by atoms with Crippen LogP contribution in [-0.2, 0) is 6.54 Å². The maximum absolute atomic E-state index is 4.30. The van der Waals surface area contributed by atoms with Crippen LogP contribution in [0.25, 0.3) is 5.65 Å². The minimum absolute atomic E-state index is 0.660. The second-order valence-electron chi connectivity index (χ2n) is 4.21. The van der Waals surface area contributed by atoms with Crippen molar-refractivity contribution in [1.82, 2.24) is 19.7 Å². The monoisotopic (exact) mass is 282 g/mol. The van der Waals surface area contributed by atoms with Gasteiger partial charge in [0.1, 0.15) is 4.60 Å². The molecule has 0 atom stereocenters. The molecule has 0 amide bonds. The lowest BCUT2D eigenvalue weighted by atomic mass is 10.2. The Kier molecular flexibility index (Phi) is 3.56. The molecule has 0 aliphatic carbocycles. The van der Waals surface area contributed by atoms with Gasteiger partial charge in [0, 0.05) is 12.7 Å². The molecular formula is C11H15BrN4. The lowest BCUT2D eigenvalue weighted by Crippen LogP contribution is -2.19. The van der Waals surface area contributed by atoms with Gasteiger partial charge in [-0.3, -0.25) is 4.40 Å². The molecular weight excluding hydrogens is 268 g/mol. The molecule has 0 saturated carbocycles. The second kappa shape index (κ2) is 4.93. The molecule has 0 spiro atoms. The van der Waals surface area contributed by atoms with Crippen LogP contribution in [0.2, 0.25) is 0 Å². The second-order valence-corrected chi connectivity index (χ2v) is 5.02. The van der Waals surface area contributed by atoms with Crippen molar-refractivity contribution in [1.29, 1.82) is 0 Å². The maximum atomic E-state index is 4.30. The van der Waals surface area contributed by atoms with Crippen LogP contribution < -0.4 is 5.32 Å². The van der Waals surface area contributed by atoms with Crippen LogP contribution >= 0.6 is 15.9 Å². The van der Waals surface area contributed by atoms with E-state index in [0.717, 1.165) is 29.0 Å². The van der Waals surface area contributed by atoms with Crippen molar-refractivity contribution < 1.29 is 0 Å². The number of fused-ring (bicyclic) bond motifs is 1. The predicted molar refractivity (Wildman–Crippen MR) is 67.2 cm³/mol. The summed E-state index contributed by atoms with van der Waals surface area (Å²) in [6.07, 6.45) is 5.58. The van der Waals surface area contributed by atoms with Crippen LogP contribution in [0.5, 0.6) is 0 Å². The van der Waals surface area contributed by atoms with Crippen molar-refractivity contribution in [2.75, 3.05) is 6.54 Å². The van der Waals surface area contributed by atoms with Crippen LogP contribution in [-0.4, -0.2) is 20.9 Å². The highest BCUT2D eigenvalue weighted by Gasteiger charge is 2.03. The molecule has 2 aromatic rings. The molecule has 86 valence electrons. The number of imidazole rings is 1. The van der Waals surface area contributed by atoms with E-state index in [4.69, 9.17) is 0 Å². The third kappa shape index (κ3) is 2.59. The Morgan fingerprint density at radius 1 is 1.38 bits per heavy atom. The molecule has 0 fully saturated rings. The largest absolute Gasteiger partial charge is 0.311 e. The molecule has 5 heteroatoms. The maximum Gasteiger partial charge on any atom is 0.155 e. The first kappa shape index (κ1) is 11.5. The van der Waals surface area contributed by atoms with Crippen molar-refractivity contribution in [3.63, 3.8) is 0 Å². The van der Waals surface area contributed by atoms with Gasteiger partial charge in [-0.2, -0.15) is 0 Å². The fourth-order valence-electron chi connectivity index (χ4n) is 1.54. The average molecular weight is 283 g/mol. The molecule has 16 heavy (non-hydrogen) atoms. The summed E-state index contributed by atoms with van der Waals surface area (Å²) in [4.78, 5) is 8.44. The quantitative estimate of drug-likeness (QED) is 0.935. The van der Waals surface area contributed by atoms with E-state index >= 15 is 0 Å². The van der Waals surface area contributed by atoms with E-state index in [1.54, 1.807) is 6.20 Å². The molecule has 0 radical (unpaired) electrons. The van der Waals surface area contributed by atoms with E-state index in [9.17, 15) is 0 Å². The molecule has 4 nitrogen and oxygen atoms in total. The lowest BCUT2D eigenvalue weighted by Gasteiger charge is -2.07. The van der Waals surface area contributed by atoms with E-state index in [0.29, 0.717) is 5.92 Å². The Morgan fingerprint density at radius 3 is 2.94 bits per heavy atom. The Balaban J connectivity index is 2.15. The molecule has 2 heterocycles. The van der Waals surface area contributed by atoms with Crippen LogP contribution in [0.4, 0.5) is 0 Å². The van der Waals surface area contributed by atoms with Gasteiger partial charge in [0.25, 0.3) is 0 Å². The molecule has 0 aromatic carbocycles. The highest BCUT2D eigenvalue weighted by Crippen LogP contribution is 2.10. The normalized spacial score (nSPS) is 11.5. The van der Waals surface area contributed by atoms with Crippen molar-refractivity contribution in [2.24, 2.45) is 5.92 Å². The molecule has 2 rings (SSSR count). The van der Waals surface area contributed by atoms with Gasteiger partial charge in [-0.05, 0) is 28.4 Å². The van der Waals surface area contributed by atoms with E-state index in [1.807, 2.05) is 16.8 Å². The van der Waals surface area contributed by atoms with E-state index in [1.165, 1.54) is 0 Å². The molecule has 0 bridgehead atoms. The van der Waals surface area contributed by atoms with Gasteiger partial charge >= 0.3 is 0 Å². The zero-order valence-corrected chi connectivity index (χ0v) is 11.0. The van der Waals surface area contributed by atoms with Gasteiger partial charge in [0.05, 0.1) is 18.1 Å². The number of rotatable bonds is 4. The minimum Gasteiger partial charge on any atom is -0.311 e. The van der Waals surface area contributed by atoms with Crippen molar-refractivity contribution in [3.8, 4) is 0 Å². The van der Waals surface area contributed by atoms with Crippen molar-refractivity contribution >= 4 is 21.6 Å². The van der Waals surface area contributed by atoms with Crippen molar-refractivity contribution in [3.05, 3.63) is 28.9 Å². The van der Waals surface area contributed by atoms with E-state index < -0.39 is 0 Å². The van der Waals surface area contributed by atoms with Crippen LogP contribution in [0.15, 0.2) is 23.2 Å². The van der Waals surface area contributed by atoms with Gasteiger partial charge in [-0.1, -0.05) is 13.8 Å². The number of nitrogens with one attached hydrogen (secondary N) is 1. The average Bonchev–Trinajstić information content (AvgIpc) is 2.60. The Bertz CT molecular complexity index is 478. The van der Waals surface area contributed by atoms with E-state index in [2.05, 4.69) is 45.1 Å². The summed E-state index contributed by atoms with van der Waals surface area (Å²) in [5.41, 5.74) is 2.03. The summed E-state index contributed by atoms with van der Waals surface area (Å²) >= 11 is 3.36. The van der Waals surface area contributed by atoms with Crippen LogP contribution in [0.1, 0.15) is 19.5 Å². The number of hydrogen-bond acceptors (Lipinski definition) is 3. The SMILES string of the molecule is CC(C)CNCc1cnc2cnc(Br)cn12. The predicted octanol–water partition coefficient (Wildman–Crippen LogP) is 2.24. The highest BCUT2D eigenvalue weighted by molar-refractivity contribution is 9.10. The number of hydrogen-bond donors (Lipinski definition) is 1. The number of aromatic nitrogens is 3. The Morgan fingerprint density at radius 2 is 2.19 bits per heavy atom. The van der Waals surface area contributed by atoms with Gasteiger partial charge in [0.15, 0.2) is 5.65 Å². The summed E-state index contributed by atoms with van der Waals surface area (Å²) in [7, 11) is 0. The Hall–Kier alpha value is -0.940. The molecule has 0 aliphatic heterocycles. The van der Waals surface area contributed by atoms with Gasteiger partial charge in [-0.15, -0.1) is 0 Å². The zero-order chi connectivity index (χ0) is 11.5. The zero-order valence-electron chi connectivity index (χ0n) is 9.44. The molecule has 0 aliphatic rings. The summed E-state index contributed by atoms with van der Waals surface area (Å²) in [6, 6.07) is 0. The standard InChI is InChI=1S/C11H15BrN4/c1-8(2)3-13-4-9-5-15-11-6-14-10(12)7-16(9)11/h5-8,13H,3-4H2,1-2H3. The van der Waals surface area contributed by atoms with Crippen LogP contribution in [0.3, 0.4) is 0 Å². The third-order valence-corrected chi connectivity index (χ3v) is 2.71. The Labute approximate surface area is 103 Å². The molecule has 0 unspecified atom stereocenters. The first-order chi connectivity index (χ1) is 7.66. The summed E-state index contributed by atoms with van der Waals surface area (Å²) in [6.45, 7) is 6.24. The lowest BCUT2D eigenvalue weighted by molar-refractivity contribution is 0.547. The van der Waals surface area contributed by atoms with Crippen LogP contribution in [0, 0.1) is 5.92 Å². The fourth-order valence-corrected chi connectivity index (χ4v) is 1.84. The first-order valence-corrected chi connectivity index (χ1v) is 6.14. The molecule has 1 N–H and O–H groups in total. The van der Waals surface area contributed by atoms with Gasteiger partial charge < -0.3 is 5.32 Å². The number of nitrogens with zero attached hydrogens (tertiary/aromatic N) is 3. The van der Waals surface area contributed by atoms with Crippen molar-refractivity contribution in [2.45, 2.75) is 20.4 Å². The smallest absolute Gasteiger partial charge is 0.155 e. The van der Waals surface area contributed by atoms with Gasteiger partial charge in [-0.25, -0.2) is 9.97 Å². The number of halogens is 1. The highest BCUT2D eigenvalue weighted by atomic mass is 79.9. The topological polar surface area (TPSA) is 42.2 Å². The minimum atomic E-state index is 0.660. The summed E-state index contributed by atoms with van der Waals surface area (Å²) in [5.74, 6) is 0.660. The first-order valence-electron chi connectivity index (χ1n) is 5.35. The van der Waals surface area contributed by atoms with E-state index in [-0.39, 0.29) is 0 Å².